The minimum Gasteiger partial charge on any atom is -0.100 e. The average molecular weight is 447 g/mol. The normalized spacial score (nSPS) is 11.6. The highest BCUT2D eigenvalue weighted by molar-refractivity contribution is 6.81. The lowest BCUT2D eigenvalue weighted by atomic mass is 10.0. The van der Waals surface area contributed by atoms with Gasteiger partial charge in [-0.15, -0.1) is 19.7 Å². The van der Waals surface area contributed by atoms with Gasteiger partial charge in [-0.2, -0.15) is 0 Å². The minimum atomic E-state index is -1.39. The lowest BCUT2D eigenvalue weighted by Gasteiger charge is -2.33. The molecule has 0 saturated heterocycles. The zero-order valence-corrected chi connectivity index (χ0v) is 23.3. The van der Waals surface area contributed by atoms with Crippen molar-refractivity contribution in [3.8, 4) is 0 Å². The van der Waals surface area contributed by atoms with Gasteiger partial charge in [-0.25, -0.2) is 0 Å². The highest BCUT2D eigenvalue weighted by Gasteiger charge is 2.32. The van der Waals surface area contributed by atoms with Crippen molar-refractivity contribution in [2.45, 2.75) is 155 Å². The summed E-state index contributed by atoms with van der Waals surface area (Å²) < 4.78 is 0. The summed E-state index contributed by atoms with van der Waals surface area (Å²) in [5, 5.41) is 0. The molecule has 31 heavy (non-hydrogen) atoms. The number of rotatable bonds is 23. The standard InChI is InChI=1S/C30H58Si/c1-8-9-10-11-12-13-14-15-16-17-18-19-20-21-22-23-24-31(25-28(2)3,26-29(4)5)27-30(6)7/h2,4,6,8-27H2,1,3,5,7H3. The Labute approximate surface area is 199 Å². The van der Waals surface area contributed by atoms with E-state index >= 15 is 0 Å². The molecule has 0 aromatic carbocycles. The maximum absolute atomic E-state index is 4.25. The van der Waals surface area contributed by atoms with E-state index in [9.17, 15) is 0 Å². The molecule has 0 bridgehead atoms. The van der Waals surface area contributed by atoms with E-state index in [1.165, 1.54) is 144 Å². The molecule has 0 aromatic rings. The highest BCUT2D eigenvalue weighted by atomic mass is 28.3. The fourth-order valence-electron chi connectivity index (χ4n) is 5.42. The summed E-state index contributed by atoms with van der Waals surface area (Å²) in [6.07, 6.45) is 23.1. The first-order valence-electron chi connectivity index (χ1n) is 13.7. The molecule has 182 valence electrons. The van der Waals surface area contributed by atoms with Gasteiger partial charge in [-0.05, 0) is 38.9 Å². The first-order valence-corrected chi connectivity index (χ1v) is 16.6. The molecule has 0 N–H and O–H groups in total. The smallest absolute Gasteiger partial charge is 0.0656 e. The van der Waals surface area contributed by atoms with Gasteiger partial charge < -0.3 is 0 Å². The molecule has 0 spiro atoms. The Morgan fingerprint density at radius 3 is 0.968 bits per heavy atom. The van der Waals surface area contributed by atoms with Crippen LogP contribution in [0.3, 0.4) is 0 Å². The van der Waals surface area contributed by atoms with Crippen LogP contribution in [0.1, 0.15) is 130 Å². The summed E-state index contributed by atoms with van der Waals surface area (Å²) >= 11 is 0. The Morgan fingerprint density at radius 1 is 0.452 bits per heavy atom. The molecule has 0 heterocycles. The Bertz CT molecular complexity index is 432. The second kappa shape index (κ2) is 20.1. The van der Waals surface area contributed by atoms with Crippen molar-refractivity contribution in [1.29, 1.82) is 0 Å². The topological polar surface area (TPSA) is 0 Å². The third-order valence-electron chi connectivity index (χ3n) is 6.59. The third kappa shape index (κ3) is 19.8. The van der Waals surface area contributed by atoms with Crippen molar-refractivity contribution < 1.29 is 0 Å². The van der Waals surface area contributed by atoms with Crippen LogP contribution in [0.25, 0.3) is 0 Å². The molecule has 1 heteroatoms. The maximum Gasteiger partial charge on any atom is 0.0656 e. The number of allylic oxidation sites excluding steroid dienone is 3. The van der Waals surface area contributed by atoms with E-state index in [4.69, 9.17) is 0 Å². The summed E-state index contributed by atoms with van der Waals surface area (Å²) in [5.74, 6) is 0. The zero-order valence-electron chi connectivity index (χ0n) is 22.3. The molecular weight excluding hydrogens is 388 g/mol. The van der Waals surface area contributed by atoms with Crippen LogP contribution < -0.4 is 0 Å². The molecule has 0 nitrogen and oxygen atoms in total. The van der Waals surface area contributed by atoms with Crippen LogP contribution in [0.5, 0.6) is 0 Å². The Kier molecular flexibility index (Phi) is 19.7. The predicted octanol–water partition coefficient (Wildman–Crippen LogP) is 11.4. The molecule has 0 saturated carbocycles. The van der Waals surface area contributed by atoms with Crippen LogP contribution in [0.4, 0.5) is 0 Å². The van der Waals surface area contributed by atoms with E-state index in [2.05, 4.69) is 47.4 Å². The van der Waals surface area contributed by atoms with Gasteiger partial charge in [-0.1, -0.05) is 132 Å². The van der Waals surface area contributed by atoms with Gasteiger partial charge in [0.05, 0.1) is 8.07 Å². The van der Waals surface area contributed by atoms with E-state index in [0.717, 1.165) is 0 Å². The third-order valence-corrected chi connectivity index (χ3v) is 12.1. The molecule has 0 amide bonds. The summed E-state index contributed by atoms with van der Waals surface area (Å²) in [5.41, 5.74) is 4.10. The first-order chi connectivity index (χ1) is 14.8. The second-order valence-electron chi connectivity index (χ2n) is 11.0. The van der Waals surface area contributed by atoms with Crippen LogP contribution in [0.15, 0.2) is 36.5 Å². The number of unbranched alkanes of at least 4 members (excludes halogenated alkanes) is 15. The predicted molar refractivity (Wildman–Crippen MR) is 149 cm³/mol. The molecular formula is C30H58Si. The van der Waals surface area contributed by atoms with E-state index in [1.807, 2.05) is 0 Å². The molecule has 0 aliphatic rings. The molecule has 0 radical (unpaired) electrons. The Morgan fingerprint density at radius 2 is 0.710 bits per heavy atom. The van der Waals surface area contributed by atoms with Crippen molar-refractivity contribution >= 4 is 8.07 Å². The van der Waals surface area contributed by atoms with Crippen LogP contribution in [-0.4, -0.2) is 8.07 Å². The monoisotopic (exact) mass is 446 g/mol. The van der Waals surface area contributed by atoms with Gasteiger partial charge in [0.2, 0.25) is 0 Å². The molecule has 0 fully saturated rings. The van der Waals surface area contributed by atoms with E-state index in [-0.39, 0.29) is 0 Å². The second-order valence-corrected chi connectivity index (χ2v) is 15.5. The summed E-state index contributed by atoms with van der Waals surface area (Å²) in [6, 6.07) is 5.19. The Balaban J connectivity index is 3.82. The van der Waals surface area contributed by atoms with Gasteiger partial charge in [0.1, 0.15) is 0 Å². The molecule has 0 aliphatic heterocycles. The van der Waals surface area contributed by atoms with Crippen molar-refractivity contribution in [2.24, 2.45) is 0 Å². The molecule has 0 aromatic heterocycles. The van der Waals surface area contributed by atoms with Gasteiger partial charge >= 0.3 is 0 Å². The van der Waals surface area contributed by atoms with Crippen molar-refractivity contribution in [1.82, 2.24) is 0 Å². The molecule has 0 atom stereocenters. The van der Waals surface area contributed by atoms with Gasteiger partial charge in [0, 0.05) is 0 Å². The summed E-state index contributed by atoms with van der Waals surface area (Å²) in [7, 11) is -1.39. The summed E-state index contributed by atoms with van der Waals surface area (Å²) in [6.45, 7) is 21.7. The van der Waals surface area contributed by atoms with Crippen LogP contribution in [-0.2, 0) is 0 Å². The van der Waals surface area contributed by atoms with E-state index in [1.54, 1.807) is 0 Å². The number of hydrogen-bond donors (Lipinski definition) is 0. The van der Waals surface area contributed by atoms with Crippen molar-refractivity contribution in [3.63, 3.8) is 0 Å². The lowest BCUT2D eigenvalue weighted by molar-refractivity contribution is 0.531. The Hall–Kier alpha value is -0.563. The lowest BCUT2D eigenvalue weighted by Crippen LogP contribution is -2.34. The van der Waals surface area contributed by atoms with Crippen LogP contribution in [0, 0.1) is 0 Å². The van der Waals surface area contributed by atoms with Crippen molar-refractivity contribution in [2.75, 3.05) is 0 Å². The fraction of sp³-hybridized carbons (Fsp3) is 0.800. The van der Waals surface area contributed by atoms with E-state index in [0.29, 0.717) is 0 Å². The highest BCUT2D eigenvalue weighted by Crippen LogP contribution is 2.35. The summed E-state index contributed by atoms with van der Waals surface area (Å²) in [4.78, 5) is 0. The van der Waals surface area contributed by atoms with Crippen LogP contribution >= 0.6 is 0 Å². The average Bonchev–Trinajstić information content (AvgIpc) is 2.66. The largest absolute Gasteiger partial charge is 0.100 e. The number of hydrogen-bond acceptors (Lipinski definition) is 0. The quantitative estimate of drug-likeness (QED) is 0.0831. The molecule has 0 aliphatic carbocycles. The van der Waals surface area contributed by atoms with Gasteiger partial charge in [0.25, 0.3) is 0 Å². The molecule has 0 unspecified atom stereocenters. The van der Waals surface area contributed by atoms with Gasteiger partial charge in [-0.3, -0.25) is 0 Å². The fourth-order valence-corrected chi connectivity index (χ4v) is 11.2. The SMILES string of the molecule is C=C(C)C[Si](CCCCCCCCCCCCCCCCCC)(CC(=C)C)CC(=C)C. The maximum atomic E-state index is 4.25. The van der Waals surface area contributed by atoms with Gasteiger partial charge in [0.15, 0.2) is 0 Å². The van der Waals surface area contributed by atoms with Crippen molar-refractivity contribution in [3.05, 3.63) is 36.5 Å². The first kappa shape index (κ1) is 30.4. The minimum absolute atomic E-state index is 1.26. The molecule has 0 rings (SSSR count). The van der Waals surface area contributed by atoms with E-state index < -0.39 is 8.07 Å². The van der Waals surface area contributed by atoms with Crippen LogP contribution in [0.2, 0.25) is 24.2 Å². The zero-order chi connectivity index (χ0) is 23.4.